The number of fused-ring (bicyclic) bond motifs is 1. The number of benzene rings is 1. The van der Waals surface area contributed by atoms with Crippen molar-refractivity contribution in [3.05, 3.63) is 45.6 Å². The fraction of sp³-hybridized carbons (Fsp3) is 0.522. The molecule has 0 aliphatic heterocycles. The van der Waals surface area contributed by atoms with Crippen LogP contribution in [0.4, 0.5) is 27.9 Å². The Morgan fingerprint density at radius 3 is 2.55 bits per heavy atom. The van der Waals surface area contributed by atoms with E-state index < -0.39 is 4.92 Å². The Hall–Kier alpha value is -3.43. The Kier molecular flexibility index (Phi) is 6.90. The molecule has 1 aromatic carbocycles. The minimum atomic E-state index is -0.481. The molecule has 4 rings (SSSR count). The summed E-state index contributed by atoms with van der Waals surface area (Å²) < 4.78 is 0. The van der Waals surface area contributed by atoms with Gasteiger partial charge in [0.15, 0.2) is 0 Å². The summed E-state index contributed by atoms with van der Waals surface area (Å²) in [6.45, 7) is 0. The highest BCUT2D eigenvalue weighted by Gasteiger charge is 2.25. The maximum atomic E-state index is 12.3. The van der Waals surface area contributed by atoms with Crippen LogP contribution in [0.2, 0.25) is 0 Å². The number of nitro groups is 1. The SMILES string of the molecule is CN(C)c1nc(NC2CCC(NC(=O)Nc3cccc([N+](=O)[O-])c3)CC2)nc2c1CCCC2. The molecule has 1 saturated carbocycles. The van der Waals surface area contributed by atoms with Crippen LogP contribution in [0.1, 0.15) is 49.8 Å². The van der Waals surface area contributed by atoms with Crippen LogP contribution >= 0.6 is 0 Å². The first kappa shape index (κ1) is 22.8. The molecule has 1 fully saturated rings. The van der Waals surface area contributed by atoms with Crippen molar-refractivity contribution in [1.82, 2.24) is 15.3 Å². The minimum Gasteiger partial charge on any atom is -0.362 e. The predicted octanol–water partition coefficient (Wildman–Crippen LogP) is 3.87. The summed E-state index contributed by atoms with van der Waals surface area (Å²) in [4.78, 5) is 34.4. The number of nitro benzene ring substituents is 1. The van der Waals surface area contributed by atoms with E-state index in [4.69, 9.17) is 9.97 Å². The lowest BCUT2D eigenvalue weighted by molar-refractivity contribution is -0.384. The number of anilines is 3. The number of nitrogens with one attached hydrogen (secondary N) is 3. The van der Waals surface area contributed by atoms with E-state index in [1.807, 2.05) is 14.1 Å². The monoisotopic (exact) mass is 453 g/mol. The van der Waals surface area contributed by atoms with Gasteiger partial charge in [-0.05, 0) is 57.4 Å². The summed E-state index contributed by atoms with van der Waals surface area (Å²) in [5, 5.41) is 20.1. The Labute approximate surface area is 193 Å². The zero-order valence-corrected chi connectivity index (χ0v) is 19.1. The van der Waals surface area contributed by atoms with Crippen molar-refractivity contribution >= 4 is 29.2 Å². The number of hydrogen-bond donors (Lipinski definition) is 3. The normalized spacial score (nSPS) is 19.8. The molecule has 0 unspecified atom stereocenters. The molecular formula is C23H31N7O3. The molecule has 0 saturated heterocycles. The average Bonchev–Trinajstić information content (AvgIpc) is 2.80. The smallest absolute Gasteiger partial charge is 0.319 e. The molecular weight excluding hydrogens is 422 g/mol. The van der Waals surface area contributed by atoms with Crippen molar-refractivity contribution in [1.29, 1.82) is 0 Å². The molecule has 176 valence electrons. The standard InChI is InChI=1S/C23H31N7O3/c1-29(2)21-19-8-3-4-9-20(19)27-22(28-21)24-15-10-12-16(13-11-15)25-23(31)26-17-6-5-7-18(14-17)30(32)33/h5-7,14-16H,3-4,8-13H2,1-2H3,(H,24,27,28)(H2,25,26,31). The number of aryl methyl sites for hydroxylation is 1. The Morgan fingerprint density at radius 2 is 1.82 bits per heavy atom. The molecule has 10 heteroatoms. The molecule has 2 aliphatic rings. The number of aromatic nitrogens is 2. The number of urea groups is 1. The number of amides is 2. The first-order valence-corrected chi connectivity index (χ1v) is 11.5. The second-order valence-corrected chi connectivity index (χ2v) is 9.00. The highest BCUT2D eigenvalue weighted by molar-refractivity contribution is 5.89. The van der Waals surface area contributed by atoms with Gasteiger partial charge in [-0.3, -0.25) is 10.1 Å². The molecule has 2 amide bonds. The Balaban J connectivity index is 1.29. The molecule has 0 bridgehead atoms. The van der Waals surface area contributed by atoms with E-state index in [1.165, 1.54) is 30.5 Å². The lowest BCUT2D eigenvalue weighted by Crippen LogP contribution is -2.42. The van der Waals surface area contributed by atoms with Crippen LogP contribution in [0.3, 0.4) is 0 Å². The molecule has 10 nitrogen and oxygen atoms in total. The van der Waals surface area contributed by atoms with E-state index in [9.17, 15) is 14.9 Å². The molecule has 2 aromatic rings. The van der Waals surface area contributed by atoms with Crippen LogP contribution in [0.15, 0.2) is 24.3 Å². The summed E-state index contributed by atoms with van der Waals surface area (Å²) in [5.41, 5.74) is 2.79. The average molecular weight is 454 g/mol. The van der Waals surface area contributed by atoms with Crippen molar-refractivity contribution in [2.24, 2.45) is 0 Å². The predicted molar refractivity (Wildman–Crippen MR) is 128 cm³/mol. The molecule has 1 aromatic heterocycles. The highest BCUT2D eigenvalue weighted by Crippen LogP contribution is 2.29. The topological polar surface area (TPSA) is 125 Å². The first-order chi connectivity index (χ1) is 15.9. The maximum absolute atomic E-state index is 12.3. The molecule has 3 N–H and O–H groups in total. The van der Waals surface area contributed by atoms with Gasteiger partial charge in [-0.1, -0.05) is 6.07 Å². The van der Waals surface area contributed by atoms with Crippen LogP contribution in [0, 0.1) is 10.1 Å². The third-order valence-corrected chi connectivity index (χ3v) is 6.30. The molecule has 0 radical (unpaired) electrons. The van der Waals surface area contributed by atoms with Gasteiger partial charge < -0.3 is 20.9 Å². The zero-order chi connectivity index (χ0) is 23.4. The van der Waals surface area contributed by atoms with Gasteiger partial charge in [0, 0.05) is 49.6 Å². The van der Waals surface area contributed by atoms with Crippen molar-refractivity contribution in [2.45, 2.75) is 63.5 Å². The Bertz CT molecular complexity index is 1020. The van der Waals surface area contributed by atoms with E-state index in [0.717, 1.165) is 50.0 Å². The van der Waals surface area contributed by atoms with Gasteiger partial charge in [0.25, 0.3) is 5.69 Å². The van der Waals surface area contributed by atoms with Gasteiger partial charge >= 0.3 is 6.03 Å². The highest BCUT2D eigenvalue weighted by atomic mass is 16.6. The number of rotatable bonds is 6. The van der Waals surface area contributed by atoms with E-state index >= 15 is 0 Å². The lowest BCUT2D eigenvalue weighted by atomic mass is 9.91. The summed E-state index contributed by atoms with van der Waals surface area (Å²) >= 11 is 0. The van der Waals surface area contributed by atoms with Crippen LogP contribution < -0.4 is 20.9 Å². The Morgan fingerprint density at radius 1 is 1.09 bits per heavy atom. The quantitative estimate of drug-likeness (QED) is 0.448. The van der Waals surface area contributed by atoms with E-state index in [2.05, 4.69) is 20.9 Å². The number of carbonyl (C=O) groups is 1. The van der Waals surface area contributed by atoms with Crippen molar-refractivity contribution < 1.29 is 9.72 Å². The third-order valence-electron chi connectivity index (χ3n) is 6.30. The second-order valence-electron chi connectivity index (χ2n) is 9.00. The van der Waals surface area contributed by atoms with Crippen molar-refractivity contribution in [3.8, 4) is 0 Å². The number of non-ortho nitro benzene ring substituents is 1. The lowest BCUT2D eigenvalue weighted by Gasteiger charge is -2.30. The van der Waals surface area contributed by atoms with E-state index in [-0.39, 0.29) is 23.8 Å². The first-order valence-electron chi connectivity index (χ1n) is 11.5. The third kappa shape index (κ3) is 5.68. The van der Waals surface area contributed by atoms with E-state index in [0.29, 0.717) is 11.6 Å². The van der Waals surface area contributed by atoms with Crippen molar-refractivity contribution in [3.63, 3.8) is 0 Å². The molecule has 0 spiro atoms. The van der Waals surface area contributed by atoms with Crippen LogP contribution in [-0.2, 0) is 12.8 Å². The number of nitrogens with zero attached hydrogens (tertiary/aromatic N) is 4. The molecule has 2 aliphatic carbocycles. The largest absolute Gasteiger partial charge is 0.362 e. The van der Waals surface area contributed by atoms with Crippen LogP contribution in [0.5, 0.6) is 0 Å². The zero-order valence-electron chi connectivity index (χ0n) is 19.1. The van der Waals surface area contributed by atoms with Gasteiger partial charge in [-0.25, -0.2) is 9.78 Å². The van der Waals surface area contributed by atoms with Gasteiger partial charge in [0.1, 0.15) is 5.82 Å². The van der Waals surface area contributed by atoms with Gasteiger partial charge in [0.2, 0.25) is 5.95 Å². The number of hydrogen-bond acceptors (Lipinski definition) is 7. The van der Waals surface area contributed by atoms with Gasteiger partial charge in [-0.2, -0.15) is 4.98 Å². The van der Waals surface area contributed by atoms with Crippen LogP contribution in [-0.4, -0.2) is 47.1 Å². The molecule has 33 heavy (non-hydrogen) atoms. The summed E-state index contributed by atoms with van der Waals surface area (Å²) in [6, 6.07) is 5.90. The maximum Gasteiger partial charge on any atom is 0.319 e. The fourth-order valence-electron chi connectivity index (χ4n) is 4.62. The van der Waals surface area contributed by atoms with E-state index in [1.54, 1.807) is 12.1 Å². The van der Waals surface area contributed by atoms with Crippen LogP contribution in [0.25, 0.3) is 0 Å². The molecule has 0 atom stereocenters. The second kappa shape index (κ2) is 10.0. The summed E-state index contributed by atoms with van der Waals surface area (Å²) in [6.07, 6.45) is 7.89. The van der Waals surface area contributed by atoms with Gasteiger partial charge in [-0.15, -0.1) is 0 Å². The molecule has 1 heterocycles. The fourth-order valence-corrected chi connectivity index (χ4v) is 4.62. The summed E-state index contributed by atoms with van der Waals surface area (Å²) in [5.74, 6) is 1.70. The van der Waals surface area contributed by atoms with Crippen molar-refractivity contribution in [2.75, 3.05) is 29.6 Å². The minimum absolute atomic E-state index is 0.0544. The number of carbonyl (C=O) groups excluding carboxylic acids is 1. The summed E-state index contributed by atoms with van der Waals surface area (Å²) in [7, 11) is 4.05. The van der Waals surface area contributed by atoms with Gasteiger partial charge in [0.05, 0.1) is 10.6 Å².